The van der Waals surface area contributed by atoms with E-state index in [2.05, 4.69) is 30.3 Å². The van der Waals surface area contributed by atoms with Crippen molar-refractivity contribution in [3.63, 3.8) is 0 Å². The van der Waals surface area contributed by atoms with Crippen LogP contribution in [0.2, 0.25) is 0 Å². The molecule has 4 aromatic rings. The molecule has 0 aliphatic heterocycles. The summed E-state index contributed by atoms with van der Waals surface area (Å²) in [6, 6.07) is 22.2. The van der Waals surface area contributed by atoms with Crippen LogP contribution in [0, 0.1) is 0 Å². The van der Waals surface area contributed by atoms with E-state index in [0.717, 1.165) is 26.9 Å². The molecule has 3 heteroatoms. The summed E-state index contributed by atoms with van der Waals surface area (Å²) in [4.78, 5) is 0. The summed E-state index contributed by atoms with van der Waals surface area (Å²) < 4.78 is 0. The van der Waals surface area contributed by atoms with Crippen molar-refractivity contribution in [2.24, 2.45) is 0 Å². The molecular formula is C18H13BO2. The van der Waals surface area contributed by atoms with Crippen LogP contribution in [0.4, 0.5) is 0 Å². The minimum Gasteiger partial charge on any atom is -0.423 e. The van der Waals surface area contributed by atoms with Gasteiger partial charge in [-0.05, 0) is 49.9 Å². The Labute approximate surface area is 122 Å². The maximum absolute atomic E-state index is 9.65. The molecular weight excluding hydrogens is 259 g/mol. The average molecular weight is 272 g/mol. The highest BCUT2D eigenvalue weighted by atomic mass is 16.4. The van der Waals surface area contributed by atoms with Gasteiger partial charge in [0.05, 0.1) is 0 Å². The first-order valence-corrected chi connectivity index (χ1v) is 6.94. The summed E-state index contributed by atoms with van der Waals surface area (Å²) in [6.45, 7) is 0. The van der Waals surface area contributed by atoms with E-state index < -0.39 is 7.12 Å². The summed E-state index contributed by atoms with van der Waals surface area (Å²) in [6.07, 6.45) is 0. The molecule has 2 nitrogen and oxygen atoms in total. The lowest BCUT2D eigenvalue weighted by molar-refractivity contribution is 0.426. The molecule has 0 aliphatic carbocycles. The van der Waals surface area contributed by atoms with Gasteiger partial charge in [-0.15, -0.1) is 0 Å². The van der Waals surface area contributed by atoms with Gasteiger partial charge >= 0.3 is 7.12 Å². The van der Waals surface area contributed by atoms with Gasteiger partial charge < -0.3 is 10.0 Å². The van der Waals surface area contributed by atoms with Gasteiger partial charge in [0, 0.05) is 0 Å². The molecule has 100 valence electrons. The van der Waals surface area contributed by atoms with Crippen molar-refractivity contribution in [2.75, 3.05) is 0 Å². The molecule has 0 aromatic heterocycles. The van der Waals surface area contributed by atoms with Crippen LogP contribution in [0.3, 0.4) is 0 Å². The van der Waals surface area contributed by atoms with Crippen molar-refractivity contribution in [3.8, 4) is 0 Å². The van der Waals surface area contributed by atoms with Crippen molar-refractivity contribution in [2.45, 2.75) is 0 Å². The average Bonchev–Trinajstić information content (AvgIpc) is 2.52. The molecule has 4 aromatic carbocycles. The molecule has 0 aliphatic rings. The number of fused-ring (bicyclic) bond motifs is 4. The summed E-state index contributed by atoms with van der Waals surface area (Å²) in [7, 11) is -1.47. The molecule has 0 heterocycles. The van der Waals surface area contributed by atoms with E-state index in [1.807, 2.05) is 30.3 Å². The van der Waals surface area contributed by atoms with Crippen molar-refractivity contribution < 1.29 is 10.0 Å². The normalized spacial score (nSPS) is 11.3. The SMILES string of the molecule is OB(O)c1cccc2ccc3cc4ccccc4cc3c12. The first-order chi connectivity index (χ1) is 10.2. The van der Waals surface area contributed by atoms with E-state index in [4.69, 9.17) is 0 Å². The number of benzene rings is 4. The topological polar surface area (TPSA) is 40.5 Å². The number of rotatable bonds is 1. The Bertz CT molecular complexity index is 976. The Morgan fingerprint density at radius 2 is 1.29 bits per heavy atom. The quantitative estimate of drug-likeness (QED) is 0.318. The van der Waals surface area contributed by atoms with Gasteiger partial charge in [-0.25, -0.2) is 0 Å². The Balaban J connectivity index is 2.24. The lowest BCUT2D eigenvalue weighted by Gasteiger charge is -2.10. The van der Waals surface area contributed by atoms with Crippen LogP contribution in [0.25, 0.3) is 32.3 Å². The van der Waals surface area contributed by atoms with Gasteiger partial charge in [0.1, 0.15) is 0 Å². The van der Waals surface area contributed by atoms with Crippen molar-refractivity contribution in [1.29, 1.82) is 0 Å². The minimum atomic E-state index is -1.47. The molecule has 0 atom stereocenters. The van der Waals surface area contributed by atoms with Crippen LogP contribution in [-0.4, -0.2) is 17.2 Å². The fraction of sp³-hybridized carbons (Fsp3) is 0. The Hall–Kier alpha value is -2.36. The number of hydrogen-bond donors (Lipinski definition) is 2. The van der Waals surface area contributed by atoms with Crippen LogP contribution >= 0.6 is 0 Å². The summed E-state index contributed by atoms with van der Waals surface area (Å²) in [5.41, 5.74) is 0.549. The zero-order valence-corrected chi connectivity index (χ0v) is 11.3. The Kier molecular flexibility index (Phi) is 2.71. The van der Waals surface area contributed by atoms with E-state index >= 15 is 0 Å². The van der Waals surface area contributed by atoms with Crippen LogP contribution in [0.1, 0.15) is 0 Å². The highest BCUT2D eigenvalue weighted by molar-refractivity contribution is 6.63. The monoisotopic (exact) mass is 272 g/mol. The van der Waals surface area contributed by atoms with E-state index in [1.54, 1.807) is 6.07 Å². The standard InChI is InChI=1S/C18H13BO2/c20-19(21)17-7-3-6-12-8-9-15-10-13-4-1-2-5-14(13)11-16(15)18(12)17/h1-11,20-21H. The second-order valence-corrected chi connectivity index (χ2v) is 5.31. The van der Waals surface area contributed by atoms with Crippen LogP contribution in [0.15, 0.2) is 66.7 Å². The molecule has 21 heavy (non-hydrogen) atoms. The van der Waals surface area contributed by atoms with E-state index in [1.165, 1.54) is 5.39 Å². The molecule has 0 saturated heterocycles. The van der Waals surface area contributed by atoms with Crippen LogP contribution in [-0.2, 0) is 0 Å². The molecule has 2 N–H and O–H groups in total. The summed E-state index contributed by atoms with van der Waals surface area (Å²) in [5.74, 6) is 0. The third-order valence-electron chi connectivity index (χ3n) is 4.04. The fourth-order valence-corrected chi connectivity index (χ4v) is 3.05. The zero-order chi connectivity index (χ0) is 14.4. The predicted octanol–water partition coefficient (Wildman–Crippen LogP) is 2.83. The Morgan fingerprint density at radius 1 is 0.619 bits per heavy atom. The number of hydrogen-bond acceptors (Lipinski definition) is 2. The van der Waals surface area contributed by atoms with E-state index in [9.17, 15) is 10.0 Å². The van der Waals surface area contributed by atoms with Crippen LogP contribution < -0.4 is 5.46 Å². The van der Waals surface area contributed by atoms with Gasteiger partial charge in [-0.3, -0.25) is 0 Å². The van der Waals surface area contributed by atoms with Gasteiger partial charge in [-0.2, -0.15) is 0 Å². The summed E-state index contributed by atoms with van der Waals surface area (Å²) in [5, 5.41) is 25.7. The third kappa shape index (κ3) is 1.90. The van der Waals surface area contributed by atoms with Crippen LogP contribution in [0.5, 0.6) is 0 Å². The lowest BCUT2D eigenvalue weighted by Crippen LogP contribution is -2.30. The molecule has 0 spiro atoms. The molecule has 0 fully saturated rings. The fourth-order valence-electron chi connectivity index (χ4n) is 3.05. The van der Waals surface area contributed by atoms with E-state index in [-0.39, 0.29) is 0 Å². The molecule has 4 rings (SSSR count). The molecule has 0 amide bonds. The lowest BCUT2D eigenvalue weighted by atomic mass is 9.76. The highest BCUT2D eigenvalue weighted by Gasteiger charge is 2.16. The minimum absolute atomic E-state index is 0.549. The van der Waals surface area contributed by atoms with Gasteiger partial charge in [0.2, 0.25) is 0 Å². The van der Waals surface area contributed by atoms with Crippen molar-refractivity contribution >= 4 is 44.9 Å². The smallest absolute Gasteiger partial charge is 0.423 e. The zero-order valence-electron chi connectivity index (χ0n) is 11.3. The highest BCUT2D eigenvalue weighted by Crippen LogP contribution is 2.28. The van der Waals surface area contributed by atoms with Gasteiger partial charge in [-0.1, -0.05) is 54.6 Å². The maximum Gasteiger partial charge on any atom is 0.489 e. The Morgan fingerprint density at radius 3 is 2.05 bits per heavy atom. The first kappa shape index (κ1) is 12.4. The summed E-state index contributed by atoms with van der Waals surface area (Å²) >= 11 is 0. The largest absolute Gasteiger partial charge is 0.489 e. The molecule has 0 unspecified atom stereocenters. The van der Waals surface area contributed by atoms with Crippen molar-refractivity contribution in [1.82, 2.24) is 0 Å². The second kappa shape index (κ2) is 4.59. The maximum atomic E-state index is 9.65. The molecule has 0 radical (unpaired) electrons. The second-order valence-electron chi connectivity index (χ2n) is 5.31. The van der Waals surface area contributed by atoms with Crippen molar-refractivity contribution in [3.05, 3.63) is 66.7 Å². The van der Waals surface area contributed by atoms with E-state index in [0.29, 0.717) is 5.46 Å². The molecule has 0 saturated carbocycles. The third-order valence-corrected chi connectivity index (χ3v) is 4.04. The van der Waals surface area contributed by atoms with Gasteiger partial charge in [0.25, 0.3) is 0 Å². The predicted molar refractivity (Wildman–Crippen MR) is 88.8 cm³/mol. The first-order valence-electron chi connectivity index (χ1n) is 6.94. The van der Waals surface area contributed by atoms with Gasteiger partial charge in [0.15, 0.2) is 0 Å². The molecule has 0 bridgehead atoms.